The minimum Gasteiger partial charge on any atom is -0.378 e. The van der Waals surface area contributed by atoms with Gasteiger partial charge in [-0.1, -0.05) is 24.0 Å². The van der Waals surface area contributed by atoms with E-state index in [1.807, 2.05) is 36.1 Å². The molecule has 156 valence electrons. The highest BCUT2D eigenvalue weighted by molar-refractivity contribution is 5.94. The summed E-state index contributed by atoms with van der Waals surface area (Å²) in [6, 6.07) is 10.9. The summed E-state index contributed by atoms with van der Waals surface area (Å²) in [5.41, 5.74) is 2.51. The van der Waals surface area contributed by atoms with Crippen molar-refractivity contribution in [1.82, 2.24) is 19.6 Å². The van der Waals surface area contributed by atoms with Crippen LogP contribution in [-0.4, -0.2) is 36.8 Å². The molecule has 3 heterocycles. The number of aryl methyl sites for hydroxylation is 1. The summed E-state index contributed by atoms with van der Waals surface area (Å²) in [4.78, 5) is 6.77. The van der Waals surface area contributed by atoms with Gasteiger partial charge in [0, 0.05) is 17.8 Å². The molecule has 0 amide bonds. The molecule has 7 heteroatoms. The molecule has 0 saturated heterocycles. The molecule has 0 atom stereocenters. The third kappa shape index (κ3) is 3.29. The highest BCUT2D eigenvalue weighted by atomic mass is 19.1. The molecule has 0 unspecified atom stereocenters. The van der Waals surface area contributed by atoms with E-state index in [0.29, 0.717) is 34.9 Å². The van der Waals surface area contributed by atoms with Crippen molar-refractivity contribution in [2.24, 2.45) is 0 Å². The van der Waals surface area contributed by atoms with Gasteiger partial charge >= 0.3 is 0 Å². The Morgan fingerprint density at radius 2 is 1.94 bits per heavy atom. The molecule has 1 aliphatic rings. The third-order valence-electron chi connectivity index (χ3n) is 5.48. The maximum atomic E-state index is 15.1. The van der Waals surface area contributed by atoms with Gasteiger partial charge in [-0.25, -0.2) is 4.39 Å². The Hall–Kier alpha value is -3.50. The van der Waals surface area contributed by atoms with E-state index < -0.39 is 5.60 Å². The molecule has 0 fully saturated rings. The molecule has 6 nitrogen and oxygen atoms in total. The molecule has 31 heavy (non-hydrogen) atoms. The van der Waals surface area contributed by atoms with Crippen LogP contribution in [0.3, 0.4) is 0 Å². The number of aliphatic hydroxyl groups is 1. The van der Waals surface area contributed by atoms with E-state index in [9.17, 15) is 5.11 Å². The zero-order valence-electron chi connectivity index (χ0n) is 17.6. The third-order valence-corrected chi connectivity index (χ3v) is 5.48. The predicted molar refractivity (Wildman–Crippen MR) is 118 cm³/mol. The first-order valence-electron chi connectivity index (χ1n) is 10.3. The predicted octanol–water partition coefficient (Wildman–Crippen LogP) is 3.93. The largest absolute Gasteiger partial charge is 0.378 e. The van der Waals surface area contributed by atoms with Gasteiger partial charge in [0.2, 0.25) is 0 Å². The highest BCUT2D eigenvalue weighted by Crippen LogP contribution is 2.38. The zero-order chi connectivity index (χ0) is 21.8. The van der Waals surface area contributed by atoms with Crippen molar-refractivity contribution in [2.45, 2.75) is 39.2 Å². The van der Waals surface area contributed by atoms with Crippen LogP contribution in [0.4, 0.5) is 15.9 Å². The van der Waals surface area contributed by atoms with Crippen molar-refractivity contribution < 1.29 is 9.50 Å². The minimum absolute atomic E-state index is 0.333. The molecule has 0 saturated carbocycles. The molecule has 4 aromatic rings. The lowest BCUT2D eigenvalue weighted by atomic mass is 9.95. The van der Waals surface area contributed by atoms with E-state index in [-0.39, 0.29) is 5.82 Å². The number of aromatic nitrogens is 4. The quantitative estimate of drug-likeness (QED) is 0.477. The molecule has 2 aromatic heterocycles. The molecule has 0 radical (unpaired) electrons. The Labute approximate surface area is 179 Å². The van der Waals surface area contributed by atoms with Gasteiger partial charge in [0.1, 0.15) is 23.1 Å². The monoisotopic (exact) mass is 415 g/mol. The first-order valence-corrected chi connectivity index (χ1v) is 10.3. The van der Waals surface area contributed by atoms with Crippen molar-refractivity contribution in [1.29, 1.82) is 0 Å². The van der Waals surface area contributed by atoms with E-state index in [0.717, 1.165) is 29.7 Å². The second-order valence-electron chi connectivity index (χ2n) is 8.32. The van der Waals surface area contributed by atoms with Crippen LogP contribution in [0.5, 0.6) is 0 Å². The van der Waals surface area contributed by atoms with Crippen LogP contribution in [-0.2, 0) is 6.42 Å². The molecular formula is C24H22FN5O. The molecule has 0 bridgehead atoms. The Morgan fingerprint density at radius 3 is 2.74 bits per heavy atom. The average molecular weight is 415 g/mol. The Balaban J connectivity index is 1.75. The summed E-state index contributed by atoms with van der Waals surface area (Å²) in [5, 5.41) is 18.8. The van der Waals surface area contributed by atoms with Gasteiger partial charge in [-0.15, -0.1) is 10.2 Å². The maximum absolute atomic E-state index is 15.1. The number of anilines is 2. The lowest BCUT2D eigenvalue weighted by Crippen LogP contribution is -2.26. The van der Waals surface area contributed by atoms with Gasteiger partial charge in [-0.3, -0.25) is 4.40 Å². The van der Waals surface area contributed by atoms with Gasteiger partial charge in [0.05, 0.1) is 10.9 Å². The van der Waals surface area contributed by atoms with Crippen molar-refractivity contribution in [3.8, 4) is 11.8 Å². The van der Waals surface area contributed by atoms with Gasteiger partial charge < -0.3 is 10.0 Å². The maximum Gasteiger partial charge on any atom is 0.257 e. The van der Waals surface area contributed by atoms with Gasteiger partial charge in [0.25, 0.3) is 5.78 Å². The molecule has 5 rings (SSSR count). The minimum atomic E-state index is -1.07. The van der Waals surface area contributed by atoms with Crippen molar-refractivity contribution in [2.75, 3.05) is 11.4 Å². The van der Waals surface area contributed by atoms with Crippen LogP contribution in [0.15, 0.2) is 36.4 Å². The fourth-order valence-electron chi connectivity index (χ4n) is 4.15. The second-order valence-corrected chi connectivity index (χ2v) is 8.32. The summed E-state index contributed by atoms with van der Waals surface area (Å²) >= 11 is 0. The molecule has 2 aromatic carbocycles. The molecule has 0 aliphatic carbocycles. The smallest absolute Gasteiger partial charge is 0.257 e. The van der Waals surface area contributed by atoms with Crippen LogP contribution in [0.2, 0.25) is 0 Å². The van der Waals surface area contributed by atoms with E-state index in [1.54, 1.807) is 24.3 Å². The van der Waals surface area contributed by atoms with Crippen molar-refractivity contribution in [3.63, 3.8) is 0 Å². The Morgan fingerprint density at radius 1 is 1.13 bits per heavy atom. The second kappa shape index (κ2) is 7.03. The summed E-state index contributed by atoms with van der Waals surface area (Å²) in [7, 11) is 0. The first-order chi connectivity index (χ1) is 14.8. The van der Waals surface area contributed by atoms with Crippen molar-refractivity contribution in [3.05, 3.63) is 59.2 Å². The van der Waals surface area contributed by atoms with Crippen LogP contribution >= 0.6 is 0 Å². The van der Waals surface area contributed by atoms with Crippen molar-refractivity contribution >= 4 is 28.2 Å². The standard InChI is InChI=1S/C24H22FN5O/c1-15-27-28-23-26-22(21-18(25)9-5-11-20(21)30(15)23)29-14-6-8-17-16(7-4-10-19(17)29)12-13-24(2,3)31/h4-5,7,9-11,31H,6,8,14H2,1-3H3. The van der Waals surface area contributed by atoms with E-state index >= 15 is 4.39 Å². The number of halogens is 1. The number of benzene rings is 2. The topological polar surface area (TPSA) is 66.5 Å². The first kappa shape index (κ1) is 19.5. The number of rotatable bonds is 1. The zero-order valence-corrected chi connectivity index (χ0v) is 17.6. The van der Waals surface area contributed by atoms with Gasteiger partial charge in [-0.2, -0.15) is 4.98 Å². The summed E-state index contributed by atoms with van der Waals surface area (Å²) in [6.07, 6.45) is 1.73. The van der Waals surface area contributed by atoms with E-state index in [4.69, 9.17) is 4.98 Å². The SMILES string of the molecule is Cc1nnc2nc(N3CCCc4c(C#CC(C)(C)O)cccc43)c3c(F)cccc3n12. The highest BCUT2D eigenvalue weighted by Gasteiger charge is 2.26. The van der Waals surface area contributed by atoms with Crippen LogP contribution < -0.4 is 4.90 Å². The lowest BCUT2D eigenvalue weighted by Gasteiger charge is -2.32. The van der Waals surface area contributed by atoms with Gasteiger partial charge in [-0.05, 0) is 63.4 Å². The van der Waals surface area contributed by atoms with Crippen LogP contribution in [0.25, 0.3) is 16.7 Å². The molecule has 0 spiro atoms. The molecular weight excluding hydrogens is 393 g/mol. The fourth-order valence-corrected chi connectivity index (χ4v) is 4.15. The van der Waals surface area contributed by atoms with E-state index in [2.05, 4.69) is 22.0 Å². The Bertz CT molecular complexity index is 1390. The molecule has 1 aliphatic heterocycles. The number of nitrogens with zero attached hydrogens (tertiary/aromatic N) is 5. The van der Waals surface area contributed by atoms with E-state index in [1.165, 1.54) is 6.07 Å². The number of fused-ring (bicyclic) bond motifs is 4. The number of hydrogen-bond donors (Lipinski definition) is 1. The van der Waals surface area contributed by atoms with Crippen LogP contribution in [0, 0.1) is 24.6 Å². The van der Waals surface area contributed by atoms with Gasteiger partial charge in [0.15, 0.2) is 0 Å². The lowest BCUT2D eigenvalue weighted by molar-refractivity contribution is 0.143. The summed E-state index contributed by atoms with van der Waals surface area (Å²) in [6.45, 7) is 5.86. The normalized spacial score (nSPS) is 13.9. The Kier molecular flexibility index (Phi) is 4.42. The fraction of sp³-hybridized carbons (Fsp3) is 0.292. The summed E-state index contributed by atoms with van der Waals surface area (Å²) < 4.78 is 16.9. The average Bonchev–Trinajstić information content (AvgIpc) is 3.12. The summed E-state index contributed by atoms with van der Waals surface area (Å²) in [5.74, 6) is 7.31. The number of hydrogen-bond acceptors (Lipinski definition) is 5. The van der Waals surface area contributed by atoms with Crippen LogP contribution in [0.1, 0.15) is 37.2 Å². The molecule has 1 N–H and O–H groups in total.